The number of aliphatic hydroxyl groups is 2. The molecular formula is C25H26O4. The van der Waals surface area contributed by atoms with Crippen molar-refractivity contribution in [1.82, 2.24) is 0 Å². The minimum absolute atomic E-state index is 0.00496. The van der Waals surface area contributed by atoms with Gasteiger partial charge in [0.05, 0.1) is 12.2 Å². The van der Waals surface area contributed by atoms with E-state index in [4.69, 9.17) is 0 Å². The SMILES string of the molecule is Oc1ccc(C(c2ccccc2)(c2ccccc2)[C@H]2CC[C@@H](O)[C@@H](O)C2)cc1O. The van der Waals surface area contributed by atoms with Crippen molar-refractivity contribution >= 4 is 0 Å². The summed E-state index contributed by atoms with van der Waals surface area (Å²) in [5.41, 5.74) is 2.29. The summed E-state index contributed by atoms with van der Waals surface area (Å²) in [7, 11) is 0. The fourth-order valence-corrected chi connectivity index (χ4v) is 4.90. The Bertz CT molecular complexity index is 916. The van der Waals surface area contributed by atoms with E-state index in [1.54, 1.807) is 6.07 Å². The lowest BCUT2D eigenvalue weighted by atomic mass is 9.57. The van der Waals surface area contributed by atoms with E-state index in [1.807, 2.05) is 42.5 Å². The smallest absolute Gasteiger partial charge is 0.157 e. The molecule has 4 rings (SSSR count). The maximum Gasteiger partial charge on any atom is 0.157 e. The van der Waals surface area contributed by atoms with Crippen LogP contribution in [-0.2, 0) is 5.41 Å². The molecule has 150 valence electrons. The summed E-state index contributed by atoms with van der Waals surface area (Å²) in [6.07, 6.45) is 0.156. The number of aliphatic hydroxyl groups excluding tert-OH is 2. The Morgan fingerprint density at radius 3 is 1.72 bits per heavy atom. The second-order valence-corrected chi connectivity index (χ2v) is 7.89. The van der Waals surface area contributed by atoms with Crippen LogP contribution in [-0.4, -0.2) is 32.6 Å². The first-order valence-electron chi connectivity index (χ1n) is 10.0. The van der Waals surface area contributed by atoms with Crippen LogP contribution < -0.4 is 0 Å². The molecule has 1 saturated carbocycles. The number of hydrogen-bond donors (Lipinski definition) is 4. The van der Waals surface area contributed by atoms with Crippen LogP contribution in [0, 0.1) is 5.92 Å². The average molecular weight is 390 g/mol. The van der Waals surface area contributed by atoms with Gasteiger partial charge in [-0.15, -0.1) is 0 Å². The summed E-state index contributed by atoms with van der Waals surface area (Å²) >= 11 is 0. The standard InChI is InChI=1S/C25H26O4/c26-21-13-11-19(15-23(21)28)25(17-7-3-1-4-8-17,18-9-5-2-6-10-18)20-12-14-22(27)24(29)16-20/h1-11,13,15,20,22,24,26-29H,12,14,16H2/t20-,22+,24-/m0/s1. The first-order chi connectivity index (χ1) is 14.0. The molecule has 0 bridgehead atoms. The van der Waals surface area contributed by atoms with Crippen LogP contribution in [0.15, 0.2) is 78.9 Å². The van der Waals surface area contributed by atoms with Crippen molar-refractivity contribution in [2.45, 2.75) is 36.9 Å². The quantitative estimate of drug-likeness (QED) is 0.402. The first-order valence-corrected chi connectivity index (χ1v) is 10.0. The number of benzene rings is 3. The van der Waals surface area contributed by atoms with Gasteiger partial charge in [0.25, 0.3) is 0 Å². The van der Waals surface area contributed by atoms with E-state index in [0.717, 1.165) is 23.1 Å². The Morgan fingerprint density at radius 1 is 0.621 bits per heavy atom. The van der Waals surface area contributed by atoms with E-state index in [2.05, 4.69) is 24.3 Å². The van der Waals surface area contributed by atoms with Gasteiger partial charge in [-0.05, 0) is 54.0 Å². The Labute approximate surface area is 170 Å². The molecule has 0 aromatic heterocycles. The summed E-state index contributed by atoms with van der Waals surface area (Å²) < 4.78 is 0. The van der Waals surface area contributed by atoms with Crippen molar-refractivity contribution < 1.29 is 20.4 Å². The van der Waals surface area contributed by atoms with Crippen LogP contribution in [0.5, 0.6) is 11.5 Å². The highest BCUT2D eigenvalue weighted by atomic mass is 16.3. The van der Waals surface area contributed by atoms with Crippen LogP contribution in [0.4, 0.5) is 0 Å². The normalized spacial score (nSPS) is 22.3. The molecule has 0 unspecified atom stereocenters. The number of rotatable bonds is 4. The summed E-state index contributed by atoms with van der Waals surface area (Å²) in [4.78, 5) is 0. The molecule has 0 heterocycles. The second-order valence-electron chi connectivity index (χ2n) is 7.89. The van der Waals surface area contributed by atoms with Crippen molar-refractivity contribution in [3.05, 3.63) is 95.6 Å². The van der Waals surface area contributed by atoms with Gasteiger partial charge < -0.3 is 20.4 Å². The topological polar surface area (TPSA) is 80.9 Å². The predicted octanol–water partition coefficient (Wildman–Crippen LogP) is 3.95. The molecule has 1 aliphatic rings. The van der Waals surface area contributed by atoms with Crippen LogP contribution in [0.3, 0.4) is 0 Å². The number of aromatic hydroxyl groups is 2. The minimum Gasteiger partial charge on any atom is -0.504 e. The molecular weight excluding hydrogens is 364 g/mol. The molecule has 0 radical (unpaired) electrons. The molecule has 29 heavy (non-hydrogen) atoms. The number of phenolic OH excluding ortho intramolecular Hbond substituents is 2. The summed E-state index contributed by atoms with van der Waals surface area (Å²) in [5.74, 6) is -0.340. The van der Waals surface area contributed by atoms with Gasteiger partial charge in [0.15, 0.2) is 11.5 Å². The molecule has 4 heteroatoms. The lowest BCUT2D eigenvalue weighted by Gasteiger charge is -2.46. The lowest BCUT2D eigenvalue weighted by molar-refractivity contribution is -0.0327. The zero-order valence-corrected chi connectivity index (χ0v) is 16.1. The molecule has 3 atom stereocenters. The zero-order chi connectivity index (χ0) is 20.4. The van der Waals surface area contributed by atoms with Crippen molar-refractivity contribution in [3.8, 4) is 11.5 Å². The molecule has 3 aromatic rings. The Morgan fingerprint density at radius 2 is 1.21 bits per heavy atom. The first kappa shape index (κ1) is 19.5. The molecule has 0 saturated heterocycles. The molecule has 0 aliphatic heterocycles. The third kappa shape index (κ3) is 3.39. The van der Waals surface area contributed by atoms with Gasteiger partial charge in [-0.2, -0.15) is 0 Å². The van der Waals surface area contributed by atoms with E-state index in [-0.39, 0.29) is 17.4 Å². The van der Waals surface area contributed by atoms with Gasteiger partial charge in [-0.25, -0.2) is 0 Å². The maximum absolute atomic E-state index is 10.5. The fraction of sp³-hybridized carbons (Fsp3) is 0.280. The monoisotopic (exact) mass is 390 g/mol. The van der Waals surface area contributed by atoms with Crippen LogP contribution in [0.1, 0.15) is 36.0 Å². The van der Waals surface area contributed by atoms with E-state index < -0.39 is 17.6 Å². The number of hydrogen-bond acceptors (Lipinski definition) is 4. The maximum atomic E-state index is 10.5. The highest BCUT2D eigenvalue weighted by Gasteiger charge is 2.46. The van der Waals surface area contributed by atoms with Crippen molar-refractivity contribution in [2.75, 3.05) is 0 Å². The summed E-state index contributed by atoms with van der Waals surface area (Å²) in [6, 6.07) is 25.1. The van der Waals surface area contributed by atoms with E-state index in [9.17, 15) is 20.4 Å². The van der Waals surface area contributed by atoms with Crippen LogP contribution >= 0.6 is 0 Å². The van der Waals surface area contributed by atoms with Gasteiger partial charge in [0.1, 0.15) is 0 Å². The number of phenols is 2. The lowest BCUT2D eigenvalue weighted by Crippen LogP contribution is -2.45. The average Bonchev–Trinajstić information content (AvgIpc) is 2.75. The molecule has 4 N–H and O–H groups in total. The molecule has 1 fully saturated rings. The molecule has 1 aliphatic carbocycles. The molecule has 4 nitrogen and oxygen atoms in total. The second kappa shape index (κ2) is 7.90. The highest BCUT2D eigenvalue weighted by molar-refractivity contribution is 5.55. The highest BCUT2D eigenvalue weighted by Crippen LogP contribution is 2.51. The molecule has 3 aromatic carbocycles. The van der Waals surface area contributed by atoms with Gasteiger partial charge in [0.2, 0.25) is 0 Å². The van der Waals surface area contributed by atoms with E-state index in [0.29, 0.717) is 12.8 Å². The van der Waals surface area contributed by atoms with Crippen LogP contribution in [0.2, 0.25) is 0 Å². The van der Waals surface area contributed by atoms with E-state index in [1.165, 1.54) is 6.07 Å². The Hall–Kier alpha value is -2.82. The third-order valence-corrected chi connectivity index (χ3v) is 6.28. The van der Waals surface area contributed by atoms with Gasteiger partial charge >= 0.3 is 0 Å². The van der Waals surface area contributed by atoms with Crippen molar-refractivity contribution in [3.63, 3.8) is 0 Å². The van der Waals surface area contributed by atoms with Gasteiger partial charge in [0, 0.05) is 5.41 Å². The fourth-order valence-electron chi connectivity index (χ4n) is 4.90. The predicted molar refractivity (Wildman–Crippen MR) is 112 cm³/mol. The van der Waals surface area contributed by atoms with Crippen molar-refractivity contribution in [1.29, 1.82) is 0 Å². The van der Waals surface area contributed by atoms with Gasteiger partial charge in [-0.1, -0.05) is 66.7 Å². The Kier molecular flexibility index (Phi) is 5.31. The summed E-state index contributed by atoms with van der Waals surface area (Å²) in [5, 5.41) is 40.9. The van der Waals surface area contributed by atoms with E-state index >= 15 is 0 Å². The van der Waals surface area contributed by atoms with Gasteiger partial charge in [-0.3, -0.25) is 0 Å². The molecule has 0 spiro atoms. The summed E-state index contributed by atoms with van der Waals surface area (Å²) in [6.45, 7) is 0. The largest absolute Gasteiger partial charge is 0.504 e. The third-order valence-electron chi connectivity index (χ3n) is 6.28. The minimum atomic E-state index is -0.800. The van der Waals surface area contributed by atoms with Crippen LogP contribution in [0.25, 0.3) is 0 Å². The Balaban J connectivity index is 2.01. The molecule has 0 amide bonds. The van der Waals surface area contributed by atoms with Crippen molar-refractivity contribution in [2.24, 2.45) is 5.92 Å². The zero-order valence-electron chi connectivity index (χ0n) is 16.1.